The van der Waals surface area contributed by atoms with Crippen molar-refractivity contribution < 1.29 is 0 Å². The van der Waals surface area contributed by atoms with Gasteiger partial charge in [-0.2, -0.15) is 0 Å². The van der Waals surface area contributed by atoms with Gasteiger partial charge in [0.05, 0.1) is 11.4 Å². The van der Waals surface area contributed by atoms with Gasteiger partial charge in [0.15, 0.2) is 0 Å². The van der Waals surface area contributed by atoms with E-state index in [9.17, 15) is 0 Å². The van der Waals surface area contributed by atoms with Crippen molar-refractivity contribution in [3.63, 3.8) is 0 Å². The van der Waals surface area contributed by atoms with Crippen LogP contribution in [0.25, 0.3) is 0 Å². The first kappa shape index (κ1) is 11.5. The normalized spacial score (nSPS) is 10.1. The third-order valence-electron chi connectivity index (χ3n) is 2.12. The molecule has 2 nitrogen and oxygen atoms in total. The Bertz CT molecular complexity index is 512. The van der Waals surface area contributed by atoms with Crippen LogP contribution in [0.3, 0.4) is 0 Å². The Balaban J connectivity index is 2.27. The predicted octanol–water partition coefficient (Wildman–Crippen LogP) is 4.54. The van der Waals surface area contributed by atoms with Gasteiger partial charge in [0.2, 0.25) is 0 Å². The van der Waals surface area contributed by atoms with Crippen LogP contribution in [0.2, 0.25) is 0 Å². The minimum atomic E-state index is 0.717. The number of nitrogens with one attached hydrogen (secondary N) is 1. The summed E-state index contributed by atoms with van der Waals surface area (Å²) in [6, 6.07) is 13.7. The molecule has 0 aliphatic rings. The minimum absolute atomic E-state index is 0.717. The van der Waals surface area contributed by atoms with Crippen molar-refractivity contribution in [2.75, 3.05) is 11.1 Å². The monoisotopic (exact) mass is 340 g/mol. The summed E-state index contributed by atoms with van der Waals surface area (Å²) < 4.78 is 2.01. The summed E-state index contributed by atoms with van der Waals surface area (Å²) in [5.74, 6) is 0. The summed E-state index contributed by atoms with van der Waals surface area (Å²) in [6.45, 7) is 0. The fourth-order valence-electron chi connectivity index (χ4n) is 1.37. The van der Waals surface area contributed by atoms with Gasteiger partial charge < -0.3 is 11.1 Å². The highest BCUT2D eigenvalue weighted by atomic mass is 79.9. The second kappa shape index (κ2) is 4.89. The average Bonchev–Trinajstić information content (AvgIpc) is 2.22. The standard InChI is InChI=1S/C12H10Br2N2/c13-8-2-1-3-10(6-8)16-12-5-4-9(14)7-11(12)15/h1-7,16H,15H2. The second-order valence-electron chi connectivity index (χ2n) is 3.37. The van der Waals surface area contributed by atoms with Gasteiger partial charge in [-0.05, 0) is 36.4 Å². The number of benzene rings is 2. The lowest BCUT2D eigenvalue weighted by atomic mass is 10.2. The molecule has 0 unspecified atom stereocenters. The van der Waals surface area contributed by atoms with Gasteiger partial charge in [0.25, 0.3) is 0 Å². The molecule has 82 valence electrons. The molecule has 0 amide bonds. The zero-order valence-electron chi connectivity index (χ0n) is 8.37. The Hall–Kier alpha value is -1.00. The van der Waals surface area contributed by atoms with E-state index in [0.717, 1.165) is 20.3 Å². The van der Waals surface area contributed by atoms with E-state index in [1.807, 2.05) is 42.5 Å². The van der Waals surface area contributed by atoms with Gasteiger partial charge in [-0.3, -0.25) is 0 Å². The zero-order valence-corrected chi connectivity index (χ0v) is 11.5. The zero-order chi connectivity index (χ0) is 11.5. The van der Waals surface area contributed by atoms with Crippen molar-refractivity contribution in [1.82, 2.24) is 0 Å². The highest BCUT2D eigenvalue weighted by Crippen LogP contribution is 2.27. The van der Waals surface area contributed by atoms with Gasteiger partial charge >= 0.3 is 0 Å². The number of hydrogen-bond donors (Lipinski definition) is 2. The van der Waals surface area contributed by atoms with Crippen LogP contribution in [0.1, 0.15) is 0 Å². The van der Waals surface area contributed by atoms with Crippen LogP contribution in [0.4, 0.5) is 17.1 Å². The molecule has 0 bridgehead atoms. The number of rotatable bonds is 2. The van der Waals surface area contributed by atoms with Crippen LogP contribution in [-0.2, 0) is 0 Å². The Morgan fingerprint density at radius 3 is 2.38 bits per heavy atom. The average molecular weight is 342 g/mol. The van der Waals surface area contributed by atoms with Crippen LogP contribution >= 0.6 is 31.9 Å². The van der Waals surface area contributed by atoms with E-state index < -0.39 is 0 Å². The quantitative estimate of drug-likeness (QED) is 0.787. The Morgan fingerprint density at radius 1 is 0.938 bits per heavy atom. The minimum Gasteiger partial charge on any atom is -0.397 e. The molecule has 4 heteroatoms. The summed E-state index contributed by atoms with van der Waals surface area (Å²) in [5.41, 5.74) is 8.53. The third kappa shape index (κ3) is 2.77. The van der Waals surface area contributed by atoms with E-state index in [0.29, 0.717) is 5.69 Å². The molecule has 0 aromatic heterocycles. The molecule has 0 spiro atoms. The van der Waals surface area contributed by atoms with Crippen molar-refractivity contribution in [3.8, 4) is 0 Å². The summed E-state index contributed by atoms with van der Waals surface area (Å²) in [4.78, 5) is 0. The molecule has 0 aliphatic heterocycles. The predicted molar refractivity (Wildman–Crippen MR) is 76.0 cm³/mol. The molecule has 16 heavy (non-hydrogen) atoms. The lowest BCUT2D eigenvalue weighted by molar-refractivity contribution is 1.52. The van der Waals surface area contributed by atoms with E-state index in [4.69, 9.17) is 5.73 Å². The van der Waals surface area contributed by atoms with Crippen molar-refractivity contribution in [2.24, 2.45) is 0 Å². The number of hydrogen-bond acceptors (Lipinski definition) is 2. The van der Waals surface area contributed by atoms with Crippen molar-refractivity contribution in [1.29, 1.82) is 0 Å². The number of halogens is 2. The van der Waals surface area contributed by atoms with Crippen molar-refractivity contribution >= 4 is 48.9 Å². The van der Waals surface area contributed by atoms with Crippen LogP contribution in [0.15, 0.2) is 51.4 Å². The number of anilines is 3. The van der Waals surface area contributed by atoms with Crippen LogP contribution in [0.5, 0.6) is 0 Å². The molecule has 2 aromatic carbocycles. The Morgan fingerprint density at radius 2 is 1.69 bits per heavy atom. The van der Waals surface area contributed by atoms with E-state index in [1.54, 1.807) is 0 Å². The smallest absolute Gasteiger partial charge is 0.0618 e. The molecular weight excluding hydrogens is 332 g/mol. The van der Waals surface area contributed by atoms with Gasteiger partial charge in [0.1, 0.15) is 0 Å². The Kier molecular flexibility index (Phi) is 3.51. The van der Waals surface area contributed by atoms with E-state index in [1.165, 1.54) is 0 Å². The van der Waals surface area contributed by atoms with Crippen LogP contribution in [-0.4, -0.2) is 0 Å². The SMILES string of the molecule is Nc1cc(Br)ccc1Nc1cccc(Br)c1. The van der Waals surface area contributed by atoms with Crippen LogP contribution < -0.4 is 11.1 Å². The molecule has 2 aromatic rings. The van der Waals surface area contributed by atoms with E-state index >= 15 is 0 Å². The molecule has 0 radical (unpaired) electrons. The summed E-state index contributed by atoms with van der Waals surface area (Å²) >= 11 is 6.80. The number of nitrogen functional groups attached to an aromatic ring is 1. The summed E-state index contributed by atoms with van der Waals surface area (Å²) in [5, 5.41) is 3.26. The third-order valence-corrected chi connectivity index (χ3v) is 3.10. The maximum atomic E-state index is 5.90. The topological polar surface area (TPSA) is 38.0 Å². The first-order valence-electron chi connectivity index (χ1n) is 4.73. The molecule has 0 saturated heterocycles. The van der Waals surface area contributed by atoms with E-state index in [2.05, 4.69) is 37.2 Å². The maximum absolute atomic E-state index is 5.90. The lowest BCUT2D eigenvalue weighted by Crippen LogP contribution is -1.95. The lowest BCUT2D eigenvalue weighted by Gasteiger charge is -2.09. The first-order chi connectivity index (χ1) is 7.65. The highest BCUT2D eigenvalue weighted by Gasteiger charge is 2.00. The first-order valence-corrected chi connectivity index (χ1v) is 6.31. The van der Waals surface area contributed by atoms with E-state index in [-0.39, 0.29) is 0 Å². The fraction of sp³-hybridized carbons (Fsp3) is 0. The summed E-state index contributed by atoms with van der Waals surface area (Å²) in [6.07, 6.45) is 0. The molecule has 0 atom stereocenters. The van der Waals surface area contributed by atoms with Crippen molar-refractivity contribution in [3.05, 3.63) is 51.4 Å². The maximum Gasteiger partial charge on any atom is 0.0618 e. The molecule has 0 saturated carbocycles. The molecule has 0 fully saturated rings. The van der Waals surface area contributed by atoms with Gasteiger partial charge in [-0.15, -0.1) is 0 Å². The Labute approximate surface area is 111 Å². The van der Waals surface area contributed by atoms with Crippen LogP contribution in [0, 0.1) is 0 Å². The van der Waals surface area contributed by atoms with Gasteiger partial charge in [0, 0.05) is 14.6 Å². The summed E-state index contributed by atoms with van der Waals surface area (Å²) in [7, 11) is 0. The molecular formula is C12H10Br2N2. The largest absolute Gasteiger partial charge is 0.397 e. The highest BCUT2D eigenvalue weighted by molar-refractivity contribution is 9.10. The molecule has 2 rings (SSSR count). The molecule has 0 heterocycles. The fourth-order valence-corrected chi connectivity index (χ4v) is 2.15. The van der Waals surface area contributed by atoms with Gasteiger partial charge in [-0.25, -0.2) is 0 Å². The molecule has 3 N–H and O–H groups in total. The number of nitrogens with two attached hydrogens (primary N) is 1. The second-order valence-corrected chi connectivity index (χ2v) is 5.20. The molecule has 0 aliphatic carbocycles. The van der Waals surface area contributed by atoms with Crippen molar-refractivity contribution in [2.45, 2.75) is 0 Å². The van der Waals surface area contributed by atoms with Gasteiger partial charge in [-0.1, -0.05) is 37.9 Å².